The Morgan fingerprint density at radius 1 is 1.09 bits per heavy atom. The molecule has 0 nitrogen and oxygen atoms in total. The predicted octanol–water partition coefficient (Wildman–Crippen LogP) is 3.82. The first kappa shape index (κ1) is 11.4. The molecule has 1 aromatic carbocycles. The van der Waals surface area contributed by atoms with Gasteiger partial charge >= 0.3 is 102 Å². The molecule has 0 N–H and O–H groups in total. The van der Waals surface area contributed by atoms with Crippen molar-refractivity contribution in [2.45, 2.75) is 6.92 Å². The van der Waals surface area contributed by atoms with Crippen molar-refractivity contribution in [3.63, 3.8) is 0 Å². The Morgan fingerprint density at radius 3 is 2.00 bits per heavy atom. The van der Waals surface area contributed by atoms with Crippen molar-refractivity contribution >= 4 is 57.7 Å². The first-order valence-electron chi connectivity index (χ1n) is 3.14. The van der Waals surface area contributed by atoms with Gasteiger partial charge in [-0.3, -0.25) is 0 Å². The molecule has 60 valence electrons. The van der Waals surface area contributed by atoms with Crippen LogP contribution in [0.4, 0.5) is 0 Å². The summed E-state index contributed by atoms with van der Waals surface area (Å²) < 4.78 is 1.63. The van der Waals surface area contributed by atoms with Gasteiger partial charge in [0, 0.05) is 0 Å². The normalized spacial score (nSPS) is 11.6. The summed E-state index contributed by atoms with van der Waals surface area (Å²) in [5, 5.41) is 0. The zero-order chi connectivity index (χ0) is 8.48. The molecule has 0 aliphatic rings. The summed E-state index contributed by atoms with van der Waals surface area (Å²) >= 11 is 7.99. The van der Waals surface area contributed by atoms with Crippen molar-refractivity contribution in [3.05, 3.63) is 29.8 Å². The SMILES string of the molecule is Cc1cccc[c]1[Hf]([I])([I])[I]. The van der Waals surface area contributed by atoms with Gasteiger partial charge < -0.3 is 0 Å². The Hall–Kier alpha value is 2.28. The number of hydrogen-bond acceptors (Lipinski definition) is 0. The van der Waals surface area contributed by atoms with Crippen LogP contribution in [0.25, 0.3) is 0 Å². The Balaban J connectivity index is 3.14. The van der Waals surface area contributed by atoms with E-state index in [2.05, 4.69) is 85.6 Å². The molecule has 0 bridgehead atoms. The minimum atomic E-state index is -1.98. The van der Waals surface area contributed by atoms with Crippen molar-refractivity contribution in [3.8, 4) is 0 Å². The maximum atomic E-state index is 2.66. The van der Waals surface area contributed by atoms with Crippen molar-refractivity contribution in [1.82, 2.24) is 0 Å². The van der Waals surface area contributed by atoms with Gasteiger partial charge in [-0.05, 0) is 0 Å². The van der Waals surface area contributed by atoms with Crippen LogP contribution >= 0.6 is 54.4 Å². The van der Waals surface area contributed by atoms with Gasteiger partial charge in [-0.2, -0.15) is 0 Å². The van der Waals surface area contributed by atoms with Crippen molar-refractivity contribution in [2.24, 2.45) is 0 Å². The standard InChI is InChI=1S/C7H7.Hf.3HI/c1-7-5-3-2-4-6-7;;;;/h2-5H,1H3;;3*1H/q;+3;;;/p-3. The number of benzene rings is 1. The van der Waals surface area contributed by atoms with Crippen LogP contribution in [0.3, 0.4) is 0 Å². The van der Waals surface area contributed by atoms with E-state index in [0.29, 0.717) is 0 Å². The van der Waals surface area contributed by atoms with Gasteiger partial charge in [-0.15, -0.1) is 0 Å². The second kappa shape index (κ2) is 4.68. The van der Waals surface area contributed by atoms with E-state index in [0.717, 1.165) is 0 Å². The van der Waals surface area contributed by atoms with Gasteiger partial charge in [0.15, 0.2) is 0 Å². The van der Waals surface area contributed by atoms with Crippen LogP contribution < -0.4 is 3.32 Å². The molecule has 0 aliphatic heterocycles. The summed E-state index contributed by atoms with van der Waals surface area (Å²) in [7, 11) is -1.98. The molecule has 0 saturated heterocycles. The quantitative estimate of drug-likeness (QED) is 0.321. The van der Waals surface area contributed by atoms with E-state index in [9.17, 15) is 0 Å². The van der Waals surface area contributed by atoms with Crippen molar-refractivity contribution in [1.29, 1.82) is 0 Å². The monoisotopic (exact) mass is 652 g/mol. The van der Waals surface area contributed by atoms with E-state index < -0.39 is 7.50 Å². The van der Waals surface area contributed by atoms with Crippen molar-refractivity contribution < 1.29 is 7.50 Å². The Morgan fingerprint density at radius 2 is 1.64 bits per heavy atom. The van der Waals surface area contributed by atoms with Crippen LogP contribution in [0.5, 0.6) is 0 Å². The van der Waals surface area contributed by atoms with Crippen molar-refractivity contribution in [2.75, 3.05) is 0 Å². The summed E-state index contributed by atoms with van der Waals surface area (Å²) in [5.74, 6) is 0. The average Bonchev–Trinajstić information content (AvgIpc) is 1.86. The van der Waals surface area contributed by atoms with E-state index >= 15 is 0 Å². The van der Waals surface area contributed by atoms with E-state index in [1.807, 2.05) is 0 Å². The van der Waals surface area contributed by atoms with Crippen LogP contribution in [-0.4, -0.2) is 0 Å². The van der Waals surface area contributed by atoms with Gasteiger partial charge in [0.05, 0.1) is 0 Å². The Kier molecular flexibility index (Phi) is 4.83. The fourth-order valence-corrected chi connectivity index (χ4v) is 18.7. The first-order valence-corrected chi connectivity index (χ1v) is 35.5. The molecule has 0 aliphatic carbocycles. The third-order valence-corrected chi connectivity index (χ3v) is 19.9. The molecule has 0 atom stereocenters. The Bertz CT molecular complexity index is 254. The van der Waals surface area contributed by atoms with Gasteiger partial charge in [0.2, 0.25) is 0 Å². The van der Waals surface area contributed by atoms with Crippen LogP contribution in [0, 0.1) is 6.92 Å². The molecule has 0 saturated carbocycles. The van der Waals surface area contributed by atoms with E-state index in [1.54, 1.807) is 3.32 Å². The minimum absolute atomic E-state index is 1.47. The summed E-state index contributed by atoms with van der Waals surface area (Å²) in [4.78, 5) is 0. The molecule has 11 heavy (non-hydrogen) atoms. The van der Waals surface area contributed by atoms with Gasteiger partial charge in [-0.25, -0.2) is 0 Å². The molecule has 1 aromatic rings. The molecule has 1 rings (SSSR count). The van der Waals surface area contributed by atoms with Crippen LogP contribution in [0.15, 0.2) is 24.3 Å². The first-order chi connectivity index (χ1) is 5.02. The van der Waals surface area contributed by atoms with Crippen LogP contribution in [0.1, 0.15) is 5.56 Å². The van der Waals surface area contributed by atoms with Crippen LogP contribution in [-0.2, 0) is 7.50 Å². The maximum absolute atomic E-state index is 2.66. The predicted molar refractivity (Wildman–Crippen MR) is 72.9 cm³/mol. The zero-order valence-corrected chi connectivity index (χ0v) is 16.0. The third-order valence-electron chi connectivity index (χ3n) is 1.45. The molecular weight excluding hydrogens is 643 g/mol. The summed E-state index contributed by atoms with van der Waals surface area (Å²) in [6, 6.07) is 8.75. The van der Waals surface area contributed by atoms with Gasteiger partial charge in [0.25, 0.3) is 0 Å². The fourth-order valence-electron chi connectivity index (χ4n) is 0.891. The Labute approximate surface area is 99.5 Å². The van der Waals surface area contributed by atoms with E-state index in [4.69, 9.17) is 0 Å². The number of halogens is 3. The topological polar surface area (TPSA) is 0 Å². The second-order valence-corrected chi connectivity index (χ2v) is 98.2. The second-order valence-electron chi connectivity index (χ2n) is 2.31. The van der Waals surface area contributed by atoms with E-state index in [-0.39, 0.29) is 0 Å². The molecule has 0 unspecified atom stereocenters. The summed E-state index contributed by atoms with van der Waals surface area (Å²) in [6.07, 6.45) is 0. The van der Waals surface area contributed by atoms with E-state index in [1.165, 1.54) is 5.56 Å². The molecule has 4 heteroatoms. The third kappa shape index (κ3) is 3.49. The molecule has 0 radical (unpaired) electrons. The molecule has 0 aromatic heterocycles. The molecule has 0 amide bonds. The number of hydrogen-bond donors (Lipinski definition) is 0. The van der Waals surface area contributed by atoms with Gasteiger partial charge in [-0.1, -0.05) is 0 Å². The fraction of sp³-hybridized carbons (Fsp3) is 0.143. The number of aryl methyl sites for hydroxylation is 1. The van der Waals surface area contributed by atoms with Gasteiger partial charge in [0.1, 0.15) is 0 Å². The molecule has 0 spiro atoms. The molecule has 0 heterocycles. The summed E-state index contributed by atoms with van der Waals surface area (Å²) in [6.45, 7) is 2.21. The number of rotatable bonds is 1. The average molecular weight is 650 g/mol. The molecular formula is C7H7HfI3. The summed E-state index contributed by atoms with van der Waals surface area (Å²) in [5.41, 5.74) is 1.47. The zero-order valence-electron chi connectivity index (χ0n) is 5.94. The van der Waals surface area contributed by atoms with Crippen LogP contribution in [0.2, 0.25) is 0 Å². The molecule has 0 fully saturated rings.